The molecule has 2 unspecified atom stereocenters. The van der Waals surface area contributed by atoms with E-state index in [4.69, 9.17) is 10.8 Å². The van der Waals surface area contributed by atoms with Crippen molar-refractivity contribution < 1.29 is 13.5 Å². The first kappa shape index (κ1) is 11.9. The van der Waals surface area contributed by atoms with Crippen LogP contribution in [0.5, 0.6) is 0 Å². The standard InChI is InChI=1S/C7H17NO3S/c1-3-7(8)5-12(10,11)4-6(2)9/h6-7,9H,3-5,8H2,1-2H3. The minimum Gasteiger partial charge on any atom is -0.392 e. The smallest absolute Gasteiger partial charge is 0.154 e. The van der Waals surface area contributed by atoms with Crippen LogP contribution < -0.4 is 5.73 Å². The van der Waals surface area contributed by atoms with Crippen molar-refractivity contribution in [2.75, 3.05) is 11.5 Å². The molecule has 0 rings (SSSR count). The van der Waals surface area contributed by atoms with Gasteiger partial charge in [-0.15, -0.1) is 0 Å². The minimum absolute atomic E-state index is 0.0333. The van der Waals surface area contributed by atoms with Gasteiger partial charge in [0.05, 0.1) is 17.6 Å². The topological polar surface area (TPSA) is 80.4 Å². The van der Waals surface area contributed by atoms with Crippen LogP contribution in [-0.2, 0) is 9.84 Å². The molecule has 0 radical (unpaired) electrons. The number of aliphatic hydroxyl groups excluding tert-OH is 1. The van der Waals surface area contributed by atoms with Gasteiger partial charge in [0.15, 0.2) is 9.84 Å². The number of hydrogen-bond acceptors (Lipinski definition) is 4. The molecule has 12 heavy (non-hydrogen) atoms. The van der Waals surface area contributed by atoms with Crippen LogP contribution in [-0.4, -0.2) is 37.2 Å². The first-order valence-corrected chi connectivity index (χ1v) is 5.83. The number of aliphatic hydroxyl groups is 1. The molecule has 3 N–H and O–H groups in total. The van der Waals surface area contributed by atoms with Crippen molar-refractivity contribution in [3.63, 3.8) is 0 Å². The van der Waals surface area contributed by atoms with Crippen LogP contribution in [0.3, 0.4) is 0 Å². The molecule has 0 aromatic carbocycles. The van der Waals surface area contributed by atoms with Crippen molar-refractivity contribution in [1.82, 2.24) is 0 Å². The highest BCUT2D eigenvalue weighted by Gasteiger charge is 2.17. The molecule has 2 atom stereocenters. The predicted molar refractivity (Wildman–Crippen MR) is 48.6 cm³/mol. The van der Waals surface area contributed by atoms with Gasteiger partial charge < -0.3 is 10.8 Å². The third kappa shape index (κ3) is 5.51. The average Bonchev–Trinajstić information content (AvgIpc) is 1.83. The molecule has 0 aromatic heterocycles. The summed E-state index contributed by atoms with van der Waals surface area (Å²) in [5.41, 5.74) is 5.47. The Labute approximate surface area is 73.7 Å². The van der Waals surface area contributed by atoms with Gasteiger partial charge >= 0.3 is 0 Å². The van der Waals surface area contributed by atoms with E-state index in [2.05, 4.69) is 0 Å². The Balaban J connectivity index is 4.05. The summed E-state index contributed by atoms with van der Waals surface area (Å²) in [7, 11) is -3.17. The third-order valence-corrected chi connectivity index (χ3v) is 3.41. The van der Waals surface area contributed by atoms with E-state index in [0.717, 1.165) is 0 Å². The molecule has 0 heterocycles. The second-order valence-electron chi connectivity index (χ2n) is 3.09. The molecule has 0 aliphatic rings. The fourth-order valence-electron chi connectivity index (χ4n) is 0.880. The van der Waals surface area contributed by atoms with E-state index in [-0.39, 0.29) is 17.5 Å². The Morgan fingerprint density at radius 1 is 1.42 bits per heavy atom. The maximum absolute atomic E-state index is 11.2. The van der Waals surface area contributed by atoms with E-state index in [1.807, 2.05) is 6.92 Å². The van der Waals surface area contributed by atoms with Crippen LogP contribution in [0.15, 0.2) is 0 Å². The molecule has 0 bridgehead atoms. The minimum atomic E-state index is -3.17. The largest absolute Gasteiger partial charge is 0.392 e. The Bertz CT molecular complexity index is 211. The van der Waals surface area contributed by atoms with Crippen LogP contribution >= 0.6 is 0 Å². The normalized spacial score (nSPS) is 17.3. The van der Waals surface area contributed by atoms with Gasteiger partial charge in [-0.1, -0.05) is 6.92 Å². The lowest BCUT2D eigenvalue weighted by Crippen LogP contribution is -2.32. The highest BCUT2D eigenvalue weighted by Crippen LogP contribution is 1.98. The number of sulfone groups is 1. The fourth-order valence-corrected chi connectivity index (χ4v) is 2.64. The molecule has 0 aliphatic carbocycles. The second kappa shape index (κ2) is 4.79. The van der Waals surface area contributed by atoms with Crippen molar-refractivity contribution in [2.24, 2.45) is 5.73 Å². The highest BCUT2D eigenvalue weighted by molar-refractivity contribution is 7.91. The maximum Gasteiger partial charge on any atom is 0.154 e. The monoisotopic (exact) mass is 195 g/mol. The maximum atomic E-state index is 11.2. The summed E-state index contributed by atoms with van der Waals surface area (Å²) in [6, 6.07) is -0.311. The zero-order valence-electron chi connectivity index (χ0n) is 7.53. The first-order valence-electron chi connectivity index (χ1n) is 4.01. The van der Waals surface area contributed by atoms with Crippen molar-refractivity contribution in [1.29, 1.82) is 0 Å². The zero-order valence-corrected chi connectivity index (χ0v) is 8.34. The van der Waals surface area contributed by atoms with Gasteiger partial charge in [-0.05, 0) is 13.3 Å². The molecule has 4 nitrogen and oxygen atoms in total. The first-order chi connectivity index (χ1) is 5.37. The van der Waals surface area contributed by atoms with Gasteiger partial charge in [-0.25, -0.2) is 8.42 Å². The van der Waals surface area contributed by atoms with Gasteiger partial charge in [-0.2, -0.15) is 0 Å². The lowest BCUT2D eigenvalue weighted by Gasteiger charge is -2.10. The molecule has 74 valence electrons. The van der Waals surface area contributed by atoms with Crippen molar-refractivity contribution in [2.45, 2.75) is 32.4 Å². The lowest BCUT2D eigenvalue weighted by molar-refractivity contribution is 0.218. The molecule has 0 spiro atoms. The van der Waals surface area contributed by atoms with E-state index in [1.54, 1.807) is 0 Å². The Hall–Kier alpha value is -0.130. The van der Waals surface area contributed by atoms with Gasteiger partial charge in [-0.3, -0.25) is 0 Å². The van der Waals surface area contributed by atoms with Crippen LogP contribution in [0.1, 0.15) is 20.3 Å². The SMILES string of the molecule is CCC(N)CS(=O)(=O)CC(C)O. The lowest BCUT2D eigenvalue weighted by atomic mass is 10.3. The molecule has 0 saturated carbocycles. The Morgan fingerprint density at radius 3 is 2.25 bits per heavy atom. The zero-order chi connectivity index (χ0) is 9.78. The van der Waals surface area contributed by atoms with Crippen molar-refractivity contribution in [3.8, 4) is 0 Å². The quantitative estimate of drug-likeness (QED) is 0.621. The van der Waals surface area contributed by atoms with E-state index >= 15 is 0 Å². The van der Waals surface area contributed by atoms with Crippen LogP contribution in [0, 0.1) is 0 Å². The van der Waals surface area contributed by atoms with Crippen LogP contribution in [0.2, 0.25) is 0 Å². The number of hydrogen-bond donors (Lipinski definition) is 2. The molecule has 0 saturated heterocycles. The summed E-state index contributed by atoms with van der Waals surface area (Å²) in [5.74, 6) is -0.227. The molecule has 0 aliphatic heterocycles. The van der Waals surface area contributed by atoms with Crippen molar-refractivity contribution >= 4 is 9.84 Å². The molecular formula is C7H17NO3S. The second-order valence-corrected chi connectivity index (χ2v) is 5.25. The van der Waals surface area contributed by atoms with E-state index in [0.29, 0.717) is 6.42 Å². The summed E-state index contributed by atoms with van der Waals surface area (Å²) in [6.45, 7) is 3.29. The van der Waals surface area contributed by atoms with Gasteiger partial charge in [0, 0.05) is 6.04 Å². The van der Waals surface area contributed by atoms with E-state index in [9.17, 15) is 8.42 Å². The van der Waals surface area contributed by atoms with Crippen LogP contribution in [0.25, 0.3) is 0 Å². The molecule has 0 aromatic rings. The third-order valence-electron chi connectivity index (χ3n) is 1.49. The van der Waals surface area contributed by atoms with Gasteiger partial charge in [0.2, 0.25) is 0 Å². The summed E-state index contributed by atoms with van der Waals surface area (Å²) >= 11 is 0. The van der Waals surface area contributed by atoms with E-state index < -0.39 is 15.9 Å². The number of rotatable bonds is 5. The summed E-state index contributed by atoms with van der Waals surface area (Å²) in [6.07, 6.45) is -0.168. The van der Waals surface area contributed by atoms with Crippen LogP contribution in [0.4, 0.5) is 0 Å². The molecule has 0 fully saturated rings. The van der Waals surface area contributed by atoms with Crippen molar-refractivity contribution in [3.05, 3.63) is 0 Å². The van der Waals surface area contributed by atoms with Gasteiger partial charge in [0.1, 0.15) is 0 Å². The van der Waals surface area contributed by atoms with E-state index in [1.165, 1.54) is 6.92 Å². The van der Waals surface area contributed by atoms with Gasteiger partial charge in [0.25, 0.3) is 0 Å². The highest BCUT2D eigenvalue weighted by atomic mass is 32.2. The Morgan fingerprint density at radius 2 is 1.92 bits per heavy atom. The molecule has 5 heteroatoms. The summed E-state index contributed by atoms with van der Waals surface area (Å²) < 4.78 is 22.3. The summed E-state index contributed by atoms with van der Waals surface area (Å²) in [5, 5.41) is 8.85. The number of nitrogens with two attached hydrogens (primary N) is 1. The Kier molecular flexibility index (Phi) is 4.74. The predicted octanol–water partition coefficient (Wildman–Crippen LogP) is -0.481. The molecular weight excluding hydrogens is 178 g/mol. The fraction of sp³-hybridized carbons (Fsp3) is 1.00. The molecule has 0 amide bonds. The average molecular weight is 195 g/mol. The summed E-state index contributed by atoms with van der Waals surface area (Å²) in [4.78, 5) is 0.